The average Bonchev–Trinajstić information content (AvgIpc) is 3.14. The van der Waals surface area contributed by atoms with Crippen LogP contribution in [0.15, 0.2) is 18.2 Å². The highest BCUT2D eigenvalue weighted by atomic mass is 16.3. The van der Waals surface area contributed by atoms with Crippen LogP contribution in [0.3, 0.4) is 0 Å². The summed E-state index contributed by atoms with van der Waals surface area (Å²) in [6, 6.07) is 4.88. The van der Waals surface area contributed by atoms with Gasteiger partial charge >= 0.3 is 0 Å². The second kappa shape index (κ2) is 5.93. The van der Waals surface area contributed by atoms with Gasteiger partial charge in [0.2, 0.25) is 0 Å². The zero-order valence-electron chi connectivity index (χ0n) is 12.1. The Hall–Kier alpha value is -1.75. The lowest BCUT2D eigenvalue weighted by molar-refractivity contribution is 0.0730. The van der Waals surface area contributed by atoms with Gasteiger partial charge in [0.25, 0.3) is 5.91 Å². The van der Waals surface area contributed by atoms with Crippen molar-refractivity contribution >= 4 is 5.91 Å². The fourth-order valence-electron chi connectivity index (χ4n) is 2.91. The number of phenols is 2. The third kappa shape index (κ3) is 3.29. The van der Waals surface area contributed by atoms with Gasteiger partial charge < -0.3 is 20.4 Å². The van der Waals surface area contributed by atoms with Gasteiger partial charge in [0.15, 0.2) is 11.5 Å². The molecule has 1 saturated heterocycles. The zero-order valence-corrected chi connectivity index (χ0v) is 12.1. The molecule has 2 fully saturated rings. The first-order valence-electron chi connectivity index (χ1n) is 7.68. The Labute approximate surface area is 124 Å². The highest BCUT2D eigenvalue weighted by molar-refractivity contribution is 5.97. The highest BCUT2D eigenvalue weighted by Crippen LogP contribution is 2.33. The highest BCUT2D eigenvalue weighted by Gasteiger charge is 2.30. The molecular formula is C16H22N2O3. The van der Waals surface area contributed by atoms with Crippen molar-refractivity contribution in [2.75, 3.05) is 19.6 Å². The van der Waals surface area contributed by atoms with Crippen molar-refractivity contribution in [3.8, 4) is 11.5 Å². The summed E-state index contributed by atoms with van der Waals surface area (Å²) in [5, 5.41) is 22.9. The quantitative estimate of drug-likeness (QED) is 0.722. The number of hydrogen-bond acceptors (Lipinski definition) is 4. The van der Waals surface area contributed by atoms with Crippen LogP contribution in [0.2, 0.25) is 0 Å². The van der Waals surface area contributed by atoms with E-state index in [9.17, 15) is 15.0 Å². The largest absolute Gasteiger partial charge is 0.504 e. The molecule has 1 aliphatic carbocycles. The van der Waals surface area contributed by atoms with Crippen LogP contribution in [-0.2, 0) is 0 Å². The minimum atomic E-state index is -0.317. The maximum atomic E-state index is 12.7. The van der Waals surface area contributed by atoms with Crippen molar-refractivity contribution in [2.45, 2.75) is 31.7 Å². The monoisotopic (exact) mass is 290 g/mol. The molecule has 21 heavy (non-hydrogen) atoms. The van der Waals surface area contributed by atoms with E-state index in [0.717, 1.165) is 25.9 Å². The Morgan fingerprint density at radius 2 is 2.05 bits per heavy atom. The summed E-state index contributed by atoms with van der Waals surface area (Å²) >= 11 is 0. The number of carbonyl (C=O) groups excluding carboxylic acids is 1. The standard InChI is InChI=1S/C16H22N2O3/c19-14-5-1-4-13(15(14)20)16(21)18(9-11-6-7-11)10-12-3-2-8-17-12/h1,4-5,11-12,17,19-20H,2-3,6-10H2. The van der Waals surface area contributed by atoms with Crippen molar-refractivity contribution in [3.63, 3.8) is 0 Å². The van der Waals surface area contributed by atoms with E-state index in [1.807, 2.05) is 4.90 Å². The van der Waals surface area contributed by atoms with Gasteiger partial charge in [-0.05, 0) is 50.3 Å². The summed E-state index contributed by atoms with van der Waals surface area (Å²) in [4.78, 5) is 14.5. The minimum absolute atomic E-state index is 0.189. The number of aromatic hydroxyl groups is 2. The van der Waals surface area contributed by atoms with Gasteiger partial charge in [-0.3, -0.25) is 4.79 Å². The molecule has 1 aromatic rings. The van der Waals surface area contributed by atoms with Crippen LogP contribution < -0.4 is 5.32 Å². The number of amides is 1. The van der Waals surface area contributed by atoms with E-state index in [4.69, 9.17) is 0 Å². The molecule has 0 radical (unpaired) electrons. The molecule has 0 aromatic heterocycles. The molecule has 5 heteroatoms. The second-order valence-electron chi connectivity index (χ2n) is 6.12. The molecule has 1 saturated carbocycles. The Bertz CT molecular complexity index is 522. The molecule has 1 amide bonds. The predicted octanol–water partition coefficient (Wildman–Crippen LogP) is 1.70. The summed E-state index contributed by atoms with van der Waals surface area (Å²) in [7, 11) is 0. The van der Waals surface area contributed by atoms with E-state index >= 15 is 0 Å². The van der Waals surface area contributed by atoms with Gasteiger partial charge in [-0.1, -0.05) is 6.07 Å². The summed E-state index contributed by atoms with van der Waals surface area (Å²) in [5.41, 5.74) is 0.189. The van der Waals surface area contributed by atoms with E-state index < -0.39 is 0 Å². The molecule has 5 nitrogen and oxygen atoms in total. The summed E-state index contributed by atoms with van der Waals surface area (Å²) in [5.74, 6) is -0.160. The summed E-state index contributed by atoms with van der Waals surface area (Å²) in [6.45, 7) is 2.42. The Balaban J connectivity index is 1.76. The average molecular weight is 290 g/mol. The first-order valence-corrected chi connectivity index (χ1v) is 7.68. The van der Waals surface area contributed by atoms with Crippen molar-refractivity contribution < 1.29 is 15.0 Å². The number of carbonyl (C=O) groups is 1. The van der Waals surface area contributed by atoms with Crippen LogP contribution in [0.5, 0.6) is 11.5 Å². The topological polar surface area (TPSA) is 72.8 Å². The SMILES string of the molecule is O=C(c1cccc(O)c1O)N(CC1CC1)CC1CCCN1. The second-order valence-corrected chi connectivity index (χ2v) is 6.12. The maximum absolute atomic E-state index is 12.7. The molecule has 0 bridgehead atoms. The van der Waals surface area contributed by atoms with Gasteiger partial charge in [-0.2, -0.15) is 0 Å². The number of phenolic OH excluding ortho intramolecular Hbond substituents is 2. The molecule has 3 N–H and O–H groups in total. The number of benzene rings is 1. The van der Waals surface area contributed by atoms with Crippen molar-refractivity contribution in [2.24, 2.45) is 5.92 Å². The lowest BCUT2D eigenvalue weighted by atomic mass is 10.1. The maximum Gasteiger partial charge on any atom is 0.257 e. The molecule has 0 spiro atoms. The number of hydrogen-bond donors (Lipinski definition) is 3. The summed E-state index contributed by atoms with van der Waals surface area (Å²) < 4.78 is 0. The molecular weight excluding hydrogens is 268 g/mol. The first-order chi connectivity index (χ1) is 10.1. The van der Waals surface area contributed by atoms with Gasteiger partial charge in [0.1, 0.15) is 0 Å². The molecule has 1 aromatic carbocycles. The molecule has 114 valence electrons. The Morgan fingerprint density at radius 3 is 2.71 bits per heavy atom. The number of para-hydroxylation sites is 1. The fourth-order valence-corrected chi connectivity index (χ4v) is 2.91. The minimum Gasteiger partial charge on any atom is -0.504 e. The molecule has 1 aliphatic heterocycles. The van der Waals surface area contributed by atoms with E-state index in [1.165, 1.54) is 18.9 Å². The molecule has 3 rings (SSSR count). The normalized spacial score (nSPS) is 21.4. The fraction of sp³-hybridized carbons (Fsp3) is 0.562. The van der Waals surface area contributed by atoms with Crippen molar-refractivity contribution in [3.05, 3.63) is 23.8 Å². The lowest BCUT2D eigenvalue weighted by Gasteiger charge is -2.26. The summed E-state index contributed by atoms with van der Waals surface area (Å²) in [6.07, 6.45) is 4.58. The lowest BCUT2D eigenvalue weighted by Crippen LogP contribution is -2.42. The Morgan fingerprint density at radius 1 is 1.24 bits per heavy atom. The van der Waals surface area contributed by atoms with Gasteiger partial charge in [-0.15, -0.1) is 0 Å². The molecule has 2 aliphatic rings. The van der Waals surface area contributed by atoms with Crippen LogP contribution in [-0.4, -0.2) is 46.7 Å². The smallest absolute Gasteiger partial charge is 0.257 e. The third-order valence-corrected chi connectivity index (χ3v) is 4.31. The van der Waals surface area contributed by atoms with Crippen LogP contribution in [0.4, 0.5) is 0 Å². The van der Waals surface area contributed by atoms with E-state index in [0.29, 0.717) is 18.5 Å². The first kappa shape index (κ1) is 14.2. The number of nitrogens with zero attached hydrogens (tertiary/aromatic N) is 1. The predicted molar refractivity (Wildman–Crippen MR) is 79.4 cm³/mol. The van der Waals surface area contributed by atoms with Crippen LogP contribution in [0.25, 0.3) is 0 Å². The van der Waals surface area contributed by atoms with Gasteiger partial charge in [-0.25, -0.2) is 0 Å². The number of rotatable bonds is 5. The zero-order chi connectivity index (χ0) is 14.8. The molecule has 1 atom stereocenters. The van der Waals surface area contributed by atoms with E-state index in [1.54, 1.807) is 12.1 Å². The van der Waals surface area contributed by atoms with Gasteiger partial charge in [0, 0.05) is 19.1 Å². The molecule has 1 heterocycles. The van der Waals surface area contributed by atoms with Crippen LogP contribution >= 0.6 is 0 Å². The van der Waals surface area contributed by atoms with Gasteiger partial charge in [0.05, 0.1) is 5.56 Å². The third-order valence-electron chi connectivity index (χ3n) is 4.31. The van der Waals surface area contributed by atoms with Crippen LogP contribution in [0, 0.1) is 5.92 Å². The van der Waals surface area contributed by atoms with Crippen molar-refractivity contribution in [1.82, 2.24) is 10.2 Å². The Kier molecular flexibility index (Phi) is 4.01. The molecule has 1 unspecified atom stereocenters. The van der Waals surface area contributed by atoms with E-state index in [2.05, 4.69) is 5.32 Å². The number of nitrogens with one attached hydrogen (secondary N) is 1. The van der Waals surface area contributed by atoms with Crippen LogP contribution in [0.1, 0.15) is 36.0 Å². The van der Waals surface area contributed by atoms with E-state index in [-0.39, 0.29) is 23.0 Å². The van der Waals surface area contributed by atoms with Crippen molar-refractivity contribution in [1.29, 1.82) is 0 Å².